The number of para-hydroxylation sites is 2. The van der Waals surface area contributed by atoms with Crippen LogP contribution in [0.25, 0.3) is 0 Å². The molecule has 1 aromatic rings. The van der Waals surface area contributed by atoms with Crippen LogP contribution in [0.15, 0.2) is 24.3 Å². The van der Waals surface area contributed by atoms with Gasteiger partial charge in [-0.1, -0.05) is 25.0 Å². The van der Waals surface area contributed by atoms with Gasteiger partial charge in [-0.25, -0.2) is 0 Å². The average Bonchev–Trinajstić information content (AvgIpc) is 3.04. The Bertz CT molecular complexity index is 521. The van der Waals surface area contributed by atoms with Crippen molar-refractivity contribution in [3.8, 4) is 0 Å². The van der Waals surface area contributed by atoms with E-state index in [2.05, 4.69) is 16.3 Å². The SMILES string of the molecule is Cl.Cl.NC1CCCCC1CC(=O)Nc1ccccc1N1CCCC1. The van der Waals surface area contributed by atoms with Crippen molar-refractivity contribution in [3.05, 3.63) is 24.3 Å². The van der Waals surface area contributed by atoms with Gasteiger partial charge in [-0.2, -0.15) is 0 Å². The molecular weight excluding hydrogens is 345 g/mol. The van der Waals surface area contributed by atoms with E-state index >= 15 is 0 Å². The van der Waals surface area contributed by atoms with Crippen LogP contribution in [-0.2, 0) is 4.79 Å². The highest BCUT2D eigenvalue weighted by Gasteiger charge is 2.24. The van der Waals surface area contributed by atoms with Crippen LogP contribution in [0.1, 0.15) is 44.9 Å². The molecule has 6 heteroatoms. The third-order valence-electron chi connectivity index (χ3n) is 5.04. The van der Waals surface area contributed by atoms with Crippen LogP contribution in [-0.4, -0.2) is 25.0 Å². The normalized spacial score (nSPS) is 23.1. The zero-order valence-corrected chi connectivity index (χ0v) is 15.7. The molecule has 3 N–H and O–H groups in total. The van der Waals surface area contributed by atoms with Crippen molar-refractivity contribution >= 4 is 42.1 Å². The predicted octanol–water partition coefficient (Wildman–Crippen LogP) is 3.98. The maximum absolute atomic E-state index is 12.4. The van der Waals surface area contributed by atoms with Gasteiger partial charge in [-0.05, 0) is 43.7 Å². The molecule has 0 radical (unpaired) electrons. The number of rotatable bonds is 4. The topological polar surface area (TPSA) is 58.4 Å². The van der Waals surface area contributed by atoms with Crippen molar-refractivity contribution in [3.63, 3.8) is 0 Å². The van der Waals surface area contributed by atoms with E-state index in [-0.39, 0.29) is 36.8 Å². The molecule has 0 spiro atoms. The Hall–Kier alpha value is -0.970. The van der Waals surface area contributed by atoms with Crippen molar-refractivity contribution < 1.29 is 4.79 Å². The van der Waals surface area contributed by atoms with Crippen LogP contribution < -0.4 is 16.0 Å². The first-order valence-electron chi connectivity index (χ1n) is 8.63. The van der Waals surface area contributed by atoms with Gasteiger partial charge in [0.1, 0.15) is 0 Å². The van der Waals surface area contributed by atoms with E-state index in [0.29, 0.717) is 12.3 Å². The first-order chi connectivity index (χ1) is 10.7. The van der Waals surface area contributed by atoms with Gasteiger partial charge < -0.3 is 16.0 Å². The minimum atomic E-state index is 0. The summed E-state index contributed by atoms with van der Waals surface area (Å²) in [5.41, 5.74) is 8.26. The van der Waals surface area contributed by atoms with Gasteiger partial charge >= 0.3 is 0 Å². The number of hydrogen-bond donors (Lipinski definition) is 2. The molecule has 1 heterocycles. The van der Waals surface area contributed by atoms with Crippen LogP contribution in [0.5, 0.6) is 0 Å². The van der Waals surface area contributed by atoms with Gasteiger partial charge in [-0.3, -0.25) is 4.79 Å². The molecule has 136 valence electrons. The molecular formula is C18H29Cl2N3O. The lowest BCUT2D eigenvalue weighted by molar-refractivity contribution is -0.117. The monoisotopic (exact) mass is 373 g/mol. The fraction of sp³-hybridized carbons (Fsp3) is 0.611. The largest absolute Gasteiger partial charge is 0.370 e. The van der Waals surface area contributed by atoms with Crippen molar-refractivity contribution in [2.75, 3.05) is 23.3 Å². The first-order valence-corrected chi connectivity index (χ1v) is 8.63. The molecule has 4 nitrogen and oxygen atoms in total. The summed E-state index contributed by atoms with van der Waals surface area (Å²) in [6.07, 6.45) is 7.58. The number of carbonyl (C=O) groups excluding carboxylic acids is 1. The molecule has 1 aliphatic heterocycles. The van der Waals surface area contributed by atoms with E-state index in [0.717, 1.165) is 37.3 Å². The van der Waals surface area contributed by atoms with Crippen LogP contribution in [0, 0.1) is 5.92 Å². The molecule has 2 aliphatic rings. The third-order valence-corrected chi connectivity index (χ3v) is 5.04. The zero-order chi connectivity index (χ0) is 15.4. The number of anilines is 2. The fourth-order valence-corrected chi connectivity index (χ4v) is 3.74. The summed E-state index contributed by atoms with van der Waals surface area (Å²) in [4.78, 5) is 14.8. The second-order valence-electron chi connectivity index (χ2n) is 6.67. The Balaban J connectivity index is 0.00000144. The molecule has 3 rings (SSSR count). The number of halogens is 2. The molecule has 1 amide bonds. The lowest BCUT2D eigenvalue weighted by Gasteiger charge is -2.28. The summed E-state index contributed by atoms with van der Waals surface area (Å²) in [7, 11) is 0. The number of nitrogens with zero attached hydrogens (tertiary/aromatic N) is 1. The number of amides is 1. The smallest absolute Gasteiger partial charge is 0.224 e. The van der Waals surface area contributed by atoms with Gasteiger partial charge in [0, 0.05) is 25.6 Å². The molecule has 0 bridgehead atoms. The number of nitrogens with one attached hydrogen (secondary N) is 1. The molecule has 1 aliphatic carbocycles. The maximum atomic E-state index is 12.4. The molecule has 2 fully saturated rings. The molecule has 2 atom stereocenters. The lowest BCUT2D eigenvalue weighted by atomic mass is 9.83. The first kappa shape index (κ1) is 21.1. The summed E-state index contributed by atoms with van der Waals surface area (Å²) >= 11 is 0. The Kier molecular flexibility index (Phi) is 8.88. The van der Waals surface area contributed by atoms with Crippen molar-refractivity contribution in [2.24, 2.45) is 11.7 Å². The predicted molar refractivity (Wildman–Crippen MR) is 106 cm³/mol. The minimum absolute atomic E-state index is 0. The molecule has 24 heavy (non-hydrogen) atoms. The second-order valence-corrected chi connectivity index (χ2v) is 6.67. The average molecular weight is 374 g/mol. The summed E-state index contributed by atoms with van der Waals surface area (Å²) < 4.78 is 0. The zero-order valence-electron chi connectivity index (χ0n) is 14.1. The highest BCUT2D eigenvalue weighted by molar-refractivity contribution is 5.94. The second kappa shape index (κ2) is 10.1. The van der Waals surface area contributed by atoms with E-state index in [1.165, 1.54) is 25.7 Å². The number of nitrogens with two attached hydrogens (primary N) is 1. The Labute approximate surface area is 157 Å². The number of hydrogen-bond acceptors (Lipinski definition) is 3. The van der Waals surface area contributed by atoms with Crippen LogP contribution >= 0.6 is 24.8 Å². The third kappa shape index (κ3) is 5.27. The van der Waals surface area contributed by atoms with Crippen LogP contribution in [0.4, 0.5) is 11.4 Å². The van der Waals surface area contributed by atoms with Gasteiger partial charge in [0.25, 0.3) is 0 Å². The highest BCUT2D eigenvalue weighted by Crippen LogP contribution is 2.30. The summed E-state index contributed by atoms with van der Waals surface area (Å²) in [6, 6.07) is 8.33. The summed E-state index contributed by atoms with van der Waals surface area (Å²) in [5.74, 6) is 0.446. The van der Waals surface area contributed by atoms with Crippen molar-refractivity contribution in [2.45, 2.75) is 51.0 Å². The highest BCUT2D eigenvalue weighted by atomic mass is 35.5. The van der Waals surface area contributed by atoms with E-state index in [4.69, 9.17) is 5.73 Å². The standard InChI is InChI=1S/C18H27N3O.2ClH/c19-15-8-2-1-7-14(15)13-18(22)20-16-9-3-4-10-17(16)21-11-5-6-12-21;;/h3-4,9-10,14-15H,1-2,5-8,11-13,19H2,(H,20,22);2*1H. The lowest BCUT2D eigenvalue weighted by Crippen LogP contribution is -2.35. The van der Waals surface area contributed by atoms with Crippen molar-refractivity contribution in [1.29, 1.82) is 0 Å². The van der Waals surface area contributed by atoms with Gasteiger partial charge in [0.15, 0.2) is 0 Å². The molecule has 0 aromatic heterocycles. The Morgan fingerprint density at radius 2 is 1.75 bits per heavy atom. The van der Waals surface area contributed by atoms with Gasteiger partial charge in [0.05, 0.1) is 11.4 Å². The molecule has 2 unspecified atom stereocenters. The quantitative estimate of drug-likeness (QED) is 0.838. The molecule has 1 aromatic carbocycles. The van der Waals surface area contributed by atoms with Gasteiger partial charge in [0.2, 0.25) is 5.91 Å². The summed E-state index contributed by atoms with van der Waals surface area (Å²) in [6.45, 7) is 2.17. The minimum Gasteiger partial charge on any atom is -0.370 e. The van der Waals surface area contributed by atoms with Crippen LogP contribution in [0.3, 0.4) is 0 Å². The summed E-state index contributed by atoms with van der Waals surface area (Å²) in [5, 5.41) is 3.12. The molecule has 1 saturated heterocycles. The Morgan fingerprint density at radius 3 is 2.46 bits per heavy atom. The van der Waals surface area contributed by atoms with E-state index in [9.17, 15) is 4.79 Å². The van der Waals surface area contributed by atoms with Crippen LogP contribution in [0.2, 0.25) is 0 Å². The number of carbonyl (C=O) groups is 1. The number of benzene rings is 1. The Morgan fingerprint density at radius 1 is 1.08 bits per heavy atom. The van der Waals surface area contributed by atoms with Gasteiger partial charge in [-0.15, -0.1) is 24.8 Å². The molecule has 1 saturated carbocycles. The van der Waals surface area contributed by atoms with E-state index < -0.39 is 0 Å². The fourth-order valence-electron chi connectivity index (χ4n) is 3.74. The van der Waals surface area contributed by atoms with Crippen molar-refractivity contribution in [1.82, 2.24) is 0 Å². The van der Waals surface area contributed by atoms with E-state index in [1.54, 1.807) is 0 Å². The maximum Gasteiger partial charge on any atom is 0.224 e. The van der Waals surface area contributed by atoms with E-state index in [1.807, 2.05) is 18.2 Å².